The van der Waals surface area contributed by atoms with Crippen molar-refractivity contribution < 1.29 is 14.7 Å². The summed E-state index contributed by atoms with van der Waals surface area (Å²) in [4.78, 5) is 29.6. The maximum Gasteiger partial charge on any atom is 0.335 e. The zero-order valence-electron chi connectivity index (χ0n) is 19.8. The van der Waals surface area contributed by atoms with E-state index in [9.17, 15) is 9.59 Å². The topological polar surface area (TPSA) is 96.0 Å². The Hall–Kier alpha value is -2.21. The Morgan fingerprint density at radius 3 is 1.93 bits per heavy atom. The molecule has 6 heteroatoms. The number of aliphatic imine (C=N–C) groups is 1. The van der Waals surface area contributed by atoms with E-state index in [2.05, 4.69) is 46.5 Å². The Bertz CT molecular complexity index is 753. The van der Waals surface area contributed by atoms with Gasteiger partial charge in [-0.15, -0.1) is 0 Å². The smallest absolute Gasteiger partial charge is 0.335 e. The van der Waals surface area contributed by atoms with E-state index in [4.69, 9.17) is 10.8 Å². The van der Waals surface area contributed by atoms with Gasteiger partial charge in [-0.3, -0.25) is 9.79 Å². The molecule has 2 rings (SSSR count). The SMILES string of the molecule is CC(C)(C)CCC(c1ccc(C(=O)O)cc1)N1C(=O)C=NC1(C)C.CC(C)(C)CN. The molecule has 1 aliphatic heterocycles. The molecule has 0 aliphatic carbocycles. The minimum atomic E-state index is -0.950. The first kappa shape index (κ1) is 25.8. The second-order valence-electron chi connectivity index (χ2n) is 10.8. The highest BCUT2D eigenvalue weighted by Crippen LogP contribution is 2.37. The molecular formula is C24H39N3O3. The lowest BCUT2D eigenvalue weighted by Gasteiger charge is -2.38. The van der Waals surface area contributed by atoms with Gasteiger partial charge in [-0.2, -0.15) is 0 Å². The molecule has 1 aliphatic rings. The van der Waals surface area contributed by atoms with Gasteiger partial charge in [0.2, 0.25) is 0 Å². The number of carbonyl (C=O) groups excluding carboxylic acids is 1. The molecule has 1 unspecified atom stereocenters. The minimum Gasteiger partial charge on any atom is -0.478 e. The van der Waals surface area contributed by atoms with Crippen LogP contribution in [0.4, 0.5) is 0 Å². The Morgan fingerprint density at radius 1 is 1.10 bits per heavy atom. The quantitative estimate of drug-likeness (QED) is 0.713. The van der Waals surface area contributed by atoms with Gasteiger partial charge in [0.25, 0.3) is 5.91 Å². The highest BCUT2D eigenvalue weighted by atomic mass is 16.4. The summed E-state index contributed by atoms with van der Waals surface area (Å²) in [5, 5.41) is 9.08. The number of amides is 1. The van der Waals surface area contributed by atoms with Gasteiger partial charge in [0.05, 0.1) is 17.8 Å². The molecule has 1 aromatic carbocycles. The van der Waals surface area contributed by atoms with Crippen LogP contribution in [0.3, 0.4) is 0 Å². The van der Waals surface area contributed by atoms with Crippen molar-refractivity contribution in [3.05, 3.63) is 35.4 Å². The minimum absolute atomic E-state index is 0.0961. The number of carbonyl (C=O) groups is 2. The van der Waals surface area contributed by atoms with E-state index in [1.54, 1.807) is 29.2 Å². The normalized spacial score (nSPS) is 16.8. The molecule has 0 radical (unpaired) electrons. The Morgan fingerprint density at radius 2 is 1.60 bits per heavy atom. The monoisotopic (exact) mass is 417 g/mol. The van der Waals surface area contributed by atoms with Crippen LogP contribution in [0.2, 0.25) is 0 Å². The van der Waals surface area contributed by atoms with Gasteiger partial charge in [-0.1, -0.05) is 53.7 Å². The van der Waals surface area contributed by atoms with E-state index in [0.717, 1.165) is 24.9 Å². The molecule has 6 nitrogen and oxygen atoms in total. The van der Waals surface area contributed by atoms with Gasteiger partial charge >= 0.3 is 5.97 Å². The van der Waals surface area contributed by atoms with Crippen molar-refractivity contribution in [2.45, 2.75) is 79.9 Å². The molecule has 0 saturated heterocycles. The van der Waals surface area contributed by atoms with Crippen molar-refractivity contribution in [3.8, 4) is 0 Å². The van der Waals surface area contributed by atoms with Crippen molar-refractivity contribution >= 4 is 18.1 Å². The third-order valence-corrected chi connectivity index (χ3v) is 4.95. The van der Waals surface area contributed by atoms with Crippen molar-refractivity contribution in [1.82, 2.24) is 4.90 Å². The number of aromatic carboxylic acids is 1. The number of rotatable bonds is 5. The lowest BCUT2D eigenvalue weighted by atomic mass is 9.86. The number of benzene rings is 1. The largest absolute Gasteiger partial charge is 0.478 e. The Labute approximate surface area is 181 Å². The first-order valence-corrected chi connectivity index (χ1v) is 10.5. The number of hydrogen-bond acceptors (Lipinski definition) is 4. The Balaban J connectivity index is 0.000000656. The van der Waals surface area contributed by atoms with Gasteiger partial charge in [-0.05, 0) is 61.8 Å². The summed E-state index contributed by atoms with van der Waals surface area (Å²) in [5.74, 6) is -1.05. The maximum absolute atomic E-state index is 12.4. The summed E-state index contributed by atoms with van der Waals surface area (Å²) in [6.07, 6.45) is 3.13. The molecule has 30 heavy (non-hydrogen) atoms. The fourth-order valence-corrected chi connectivity index (χ4v) is 3.00. The van der Waals surface area contributed by atoms with E-state index in [1.807, 2.05) is 13.8 Å². The van der Waals surface area contributed by atoms with E-state index < -0.39 is 11.6 Å². The van der Waals surface area contributed by atoms with Crippen molar-refractivity contribution in [2.75, 3.05) is 6.54 Å². The lowest BCUT2D eigenvalue weighted by molar-refractivity contribution is -0.130. The highest BCUT2D eigenvalue weighted by molar-refractivity contribution is 6.28. The fraction of sp³-hybridized carbons (Fsp3) is 0.625. The van der Waals surface area contributed by atoms with Crippen LogP contribution in [-0.2, 0) is 4.79 Å². The van der Waals surface area contributed by atoms with Crippen LogP contribution in [0.15, 0.2) is 29.3 Å². The molecule has 1 aromatic rings. The fourth-order valence-electron chi connectivity index (χ4n) is 3.00. The summed E-state index contributed by atoms with van der Waals surface area (Å²) < 4.78 is 0. The van der Waals surface area contributed by atoms with Crippen LogP contribution < -0.4 is 5.73 Å². The zero-order valence-corrected chi connectivity index (χ0v) is 19.8. The van der Waals surface area contributed by atoms with E-state index in [0.29, 0.717) is 5.41 Å². The van der Waals surface area contributed by atoms with Gasteiger partial charge in [0, 0.05) is 0 Å². The first-order chi connectivity index (χ1) is 13.6. The molecule has 0 spiro atoms. The van der Waals surface area contributed by atoms with Crippen molar-refractivity contribution in [2.24, 2.45) is 21.6 Å². The summed E-state index contributed by atoms with van der Waals surface area (Å²) in [5.41, 5.74) is 6.37. The van der Waals surface area contributed by atoms with Crippen LogP contribution >= 0.6 is 0 Å². The zero-order chi connectivity index (χ0) is 23.3. The van der Waals surface area contributed by atoms with E-state index in [1.165, 1.54) is 6.21 Å². The third-order valence-electron chi connectivity index (χ3n) is 4.95. The summed E-state index contributed by atoms with van der Waals surface area (Å²) >= 11 is 0. The molecule has 0 bridgehead atoms. The molecule has 0 aromatic heterocycles. The molecule has 3 N–H and O–H groups in total. The summed E-state index contributed by atoms with van der Waals surface area (Å²) in [6, 6.07) is 6.67. The molecule has 168 valence electrons. The van der Waals surface area contributed by atoms with E-state index in [-0.39, 0.29) is 22.9 Å². The number of nitrogens with two attached hydrogens (primary N) is 1. The maximum atomic E-state index is 12.4. The number of nitrogens with zero attached hydrogens (tertiary/aromatic N) is 2. The molecule has 0 fully saturated rings. The van der Waals surface area contributed by atoms with Crippen LogP contribution in [0, 0.1) is 10.8 Å². The molecule has 0 saturated carbocycles. The van der Waals surface area contributed by atoms with Crippen molar-refractivity contribution in [3.63, 3.8) is 0 Å². The molecule has 1 heterocycles. The lowest BCUT2D eigenvalue weighted by Crippen LogP contribution is -2.44. The number of hydrogen-bond donors (Lipinski definition) is 2. The van der Waals surface area contributed by atoms with Crippen LogP contribution in [0.1, 0.15) is 90.2 Å². The van der Waals surface area contributed by atoms with E-state index >= 15 is 0 Å². The summed E-state index contributed by atoms with van der Waals surface area (Å²) in [6.45, 7) is 17.5. The average molecular weight is 418 g/mol. The molecule has 1 amide bonds. The average Bonchev–Trinajstić information content (AvgIpc) is 2.88. The van der Waals surface area contributed by atoms with Gasteiger partial charge in [0.1, 0.15) is 5.66 Å². The second kappa shape index (κ2) is 9.73. The third kappa shape index (κ3) is 7.90. The first-order valence-electron chi connectivity index (χ1n) is 10.5. The standard InChI is InChI=1S/C19H26N2O3.C5H13N/c1-18(2,3)11-10-15(21-16(22)12-20-19(21,4)5)13-6-8-14(9-7-13)17(23)24;1-5(2,3)4-6/h6-9,12,15H,10-11H2,1-5H3,(H,23,24);4,6H2,1-3H3. The van der Waals surface area contributed by atoms with Crippen LogP contribution in [0.5, 0.6) is 0 Å². The van der Waals surface area contributed by atoms with Crippen LogP contribution in [-0.4, -0.2) is 40.3 Å². The Kier molecular flexibility index (Phi) is 8.38. The highest BCUT2D eigenvalue weighted by Gasteiger charge is 2.40. The van der Waals surface area contributed by atoms with Gasteiger partial charge < -0.3 is 15.7 Å². The predicted molar refractivity (Wildman–Crippen MR) is 123 cm³/mol. The molecule has 1 atom stereocenters. The number of carboxylic acid groups (broad SMARTS) is 1. The second-order valence-corrected chi connectivity index (χ2v) is 10.8. The predicted octanol–water partition coefficient (Wildman–Crippen LogP) is 4.89. The summed E-state index contributed by atoms with van der Waals surface area (Å²) in [7, 11) is 0. The van der Waals surface area contributed by atoms with Gasteiger partial charge in [0.15, 0.2) is 0 Å². The van der Waals surface area contributed by atoms with Crippen molar-refractivity contribution in [1.29, 1.82) is 0 Å². The van der Waals surface area contributed by atoms with Gasteiger partial charge in [-0.25, -0.2) is 4.79 Å². The van der Waals surface area contributed by atoms with Crippen LogP contribution in [0.25, 0.3) is 0 Å². The number of carboxylic acids is 1. The molecular weight excluding hydrogens is 378 g/mol.